The van der Waals surface area contributed by atoms with E-state index in [9.17, 15) is 19.2 Å². The van der Waals surface area contributed by atoms with Gasteiger partial charge in [0.2, 0.25) is 12.2 Å². The lowest BCUT2D eigenvalue weighted by Crippen LogP contribution is -2.67. The minimum Gasteiger partial charge on any atom is -0.463 e. The Balaban J connectivity index is 2.43. The maximum Gasteiger partial charge on any atom is 0.303 e. The molecule has 0 unspecified atom stereocenters. The summed E-state index contributed by atoms with van der Waals surface area (Å²) in [6, 6.07) is 6.02. The van der Waals surface area contributed by atoms with Crippen LogP contribution in [0, 0.1) is 3.57 Å². The van der Waals surface area contributed by atoms with Crippen molar-refractivity contribution in [2.24, 2.45) is 0 Å². The molecule has 1 fully saturated rings. The number of benzene rings is 1. The first kappa shape index (κ1) is 24.9. The largest absolute Gasteiger partial charge is 0.463 e. The van der Waals surface area contributed by atoms with Crippen molar-refractivity contribution in [3.8, 4) is 5.75 Å². The number of halogens is 1. The number of nitrogens with one attached hydrogen (secondary N) is 1. The normalized spacial score (nSPS) is 25.1. The molecule has 1 aliphatic heterocycles. The Kier molecular flexibility index (Phi) is 9.04. The molecule has 0 spiro atoms. The summed E-state index contributed by atoms with van der Waals surface area (Å²) < 4.78 is 28.6. The summed E-state index contributed by atoms with van der Waals surface area (Å²) in [5, 5.41) is 2.64. The molecule has 0 radical (unpaired) electrons. The fraction of sp³-hybridized carbons (Fsp3) is 0.500. The smallest absolute Gasteiger partial charge is 0.303 e. The first-order valence-electron chi connectivity index (χ1n) is 9.39. The Bertz CT molecular complexity index is 813. The fourth-order valence-electron chi connectivity index (χ4n) is 3.04. The van der Waals surface area contributed by atoms with Crippen molar-refractivity contribution in [1.29, 1.82) is 0 Å². The monoisotopic (exact) mass is 549 g/mol. The zero-order valence-electron chi connectivity index (χ0n) is 17.5. The van der Waals surface area contributed by atoms with Gasteiger partial charge in [0.05, 0.1) is 0 Å². The lowest BCUT2D eigenvalue weighted by Gasteiger charge is -2.44. The Hall–Kier alpha value is -2.41. The molecule has 2 rings (SSSR count). The third-order valence-electron chi connectivity index (χ3n) is 4.14. The molecule has 0 aliphatic carbocycles. The van der Waals surface area contributed by atoms with Crippen molar-refractivity contribution < 1.29 is 42.9 Å². The van der Waals surface area contributed by atoms with Crippen molar-refractivity contribution >= 4 is 46.4 Å². The lowest BCUT2D eigenvalue weighted by atomic mass is 9.96. The number of carbonyl (C=O) groups excluding carboxylic acids is 4. The minimum atomic E-state index is -1.16. The first-order chi connectivity index (χ1) is 14.6. The van der Waals surface area contributed by atoms with Gasteiger partial charge in [-0.25, -0.2) is 0 Å². The van der Waals surface area contributed by atoms with Crippen molar-refractivity contribution in [3.05, 3.63) is 27.8 Å². The Morgan fingerprint density at radius 2 is 1.52 bits per heavy atom. The number of rotatable bonds is 7. The van der Waals surface area contributed by atoms with E-state index in [1.54, 1.807) is 12.1 Å². The second kappa shape index (κ2) is 11.3. The minimum absolute atomic E-state index is 0.287. The average Bonchev–Trinajstić information content (AvgIpc) is 2.65. The second-order valence-electron chi connectivity index (χ2n) is 6.79. The second-order valence-corrected chi connectivity index (χ2v) is 8.04. The number of ether oxygens (including phenoxy) is 5. The van der Waals surface area contributed by atoms with Gasteiger partial charge < -0.3 is 29.0 Å². The number of amides is 1. The van der Waals surface area contributed by atoms with Crippen LogP contribution in [0.1, 0.15) is 27.7 Å². The summed E-state index contributed by atoms with van der Waals surface area (Å²) in [6.07, 6.45) is -4.47. The van der Waals surface area contributed by atoms with Crippen LogP contribution in [0.15, 0.2) is 24.3 Å². The maximum atomic E-state index is 11.9. The Labute approximate surface area is 193 Å². The molecular formula is C20H24INO9. The molecule has 31 heavy (non-hydrogen) atoms. The molecular weight excluding hydrogens is 525 g/mol. The quantitative estimate of drug-likeness (QED) is 0.305. The van der Waals surface area contributed by atoms with Gasteiger partial charge in [-0.1, -0.05) is 0 Å². The number of hydrogen-bond donors (Lipinski definition) is 1. The van der Waals surface area contributed by atoms with Gasteiger partial charge in [-0.15, -0.1) is 0 Å². The van der Waals surface area contributed by atoms with E-state index in [4.69, 9.17) is 23.7 Å². The van der Waals surface area contributed by atoms with Gasteiger partial charge in [-0.3, -0.25) is 19.2 Å². The summed E-state index contributed by atoms with van der Waals surface area (Å²) in [6.45, 7) is 4.56. The van der Waals surface area contributed by atoms with Crippen LogP contribution >= 0.6 is 22.6 Å². The number of carbonyl (C=O) groups is 4. The fourth-order valence-corrected chi connectivity index (χ4v) is 3.40. The molecule has 1 amide bonds. The highest BCUT2D eigenvalue weighted by Gasteiger charge is 2.51. The molecule has 0 bridgehead atoms. The van der Waals surface area contributed by atoms with Crippen LogP contribution in [-0.2, 0) is 38.1 Å². The summed E-state index contributed by atoms with van der Waals surface area (Å²) in [5.74, 6) is -1.93. The van der Waals surface area contributed by atoms with Gasteiger partial charge in [0.15, 0.2) is 12.2 Å². The highest BCUT2D eigenvalue weighted by molar-refractivity contribution is 14.1. The summed E-state index contributed by atoms with van der Waals surface area (Å²) >= 11 is 2.14. The van der Waals surface area contributed by atoms with Crippen LogP contribution in [0.3, 0.4) is 0 Å². The standard InChI is InChI=1S/C20H24INO9/c1-10(23)22-17-19(29-13(4)26)18(28-12(3)25)16(9-27-11(2)24)31-20(17)30-15-7-5-14(21)6-8-15/h5-8,16-20H,9H2,1-4H3,(H,22,23)/t16-,17+,18+,19+,20-/m0/s1. The van der Waals surface area contributed by atoms with E-state index in [2.05, 4.69) is 27.9 Å². The molecule has 1 aromatic carbocycles. The van der Waals surface area contributed by atoms with Crippen molar-refractivity contribution in [2.45, 2.75) is 58.3 Å². The van der Waals surface area contributed by atoms with E-state index in [1.165, 1.54) is 27.7 Å². The van der Waals surface area contributed by atoms with E-state index in [1.807, 2.05) is 12.1 Å². The molecule has 5 atom stereocenters. The zero-order valence-corrected chi connectivity index (χ0v) is 19.6. The molecule has 1 aliphatic rings. The van der Waals surface area contributed by atoms with Gasteiger partial charge in [-0.05, 0) is 46.9 Å². The van der Waals surface area contributed by atoms with E-state index in [0.29, 0.717) is 5.75 Å². The third-order valence-corrected chi connectivity index (χ3v) is 4.86. The molecule has 10 nitrogen and oxygen atoms in total. The van der Waals surface area contributed by atoms with Crippen molar-refractivity contribution in [2.75, 3.05) is 6.61 Å². The van der Waals surface area contributed by atoms with E-state index in [-0.39, 0.29) is 6.61 Å². The molecule has 1 aromatic rings. The summed E-state index contributed by atoms with van der Waals surface area (Å²) in [5.41, 5.74) is 0. The predicted octanol–water partition coefficient (Wildman–Crippen LogP) is 1.33. The molecule has 1 heterocycles. The summed E-state index contributed by atoms with van der Waals surface area (Å²) in [7, 11) is 0. The van der Waals surface area contributed by atoms with Gasteiger partial charge in [0, 0.05) is 31.3 Å². The molecule has 170 valence electrons. The first-order valence-corrected chi connectivity index (χ1v) is 10.5. The maximum absolute atomic E-state index is 11.9. The molecule has 1 N–H and O–H groups in total. The van der Waals surface area contributed by atoms with Gasteiger partial charge in [0.25, 0.3) is 0 Å². The summed E-state index contributed by atoms with van der Waals surface area (Å²) in [4.78, 5) is 46.7. The topological polar surface area (TPSA) is 126 Å². The SMILES string of the molecule is CC(=O)N[C@H]1[C@@H](Oc2ccc(I)cc2)O[C@@H](COC(C)=O)[C@@H](OC(C)=O)[C@@H]1OC(C)=O. The van der Waals surface area contributed by atoms with Crippen molar-refractivity contribution in [1.82, 2.24) is 5.32 Å². The molecule has 0 aromatic heterocycles. The lowest BCUT2D eigenvalue weighted by molar-refractivity contribution is -0.257. The van der Waals surface area contributed by atoms with Gasteiger partial charge in [0.1, 0.15) is 24.5 Å². The van der Waals surface area contributed by atoms with Crippen LogP contribution in [0.25, 0.3) is 0 Å². The molecule has 11 heteroatoms. The highest BCUT2D eigenvalue weighted by atomic mass is 127. The highest BCUT2D eigenvalue weighted by Crippen LogP contribution is 2.29. The predicted molar refractivity (Wildman–Crippen MR) is 114 cm³/mol. The van der Waals surface area contributed by atoms with E-state index >= 15 is 0 Å². The third kappa shape index (κ3) is 7.65. The molecule has 1 saturated heterocycles. The van der Waals surface area contributed by atoms with E-state index in [0.717, 1.165) is 3.57 Å². The zero-order chi connectivity index (χ0) is 23.1. The van der Waals surface area contributed by atoms with Crippen LogP contribution in [0.4, 0.5) is 0 Å². The van der Waals surface area contributed by atoms with E-state index < -0.39 is 54.5 Å². The number of hydrogen-bond acceptors (Lipinski definition) is 9. The Morgan fingerprint density at radius 3 is 2.03 bits per heavy atom. The average molecular weight is 549 g/mol. The Morgan fingerprint density at radius 1 is 0.935 bits per heavy atom. The molecule has 0 saturated carbocycles. The van der Waals surface area contributed by atoms with Crippen LogP contribution in [0.2, 0.25) is 0 Å². The van der Waals surface area contributed by atoms with Crippen LogP contribution in [-0.4, -0.2) is 61.1 Å². The van der Waals surface area contributed by atoms with Crippen LogP contribution < -0.4 is 10.1 Å². The number of esters is 3. The van der Waals surface area contributed by atoms with Crippen molar-refractivity contribution in [3.63, 3.8) is 0 Å². The van der Waals surface area contributed by atoms with Gasteiger partial charge in [-0.2, -0.15) is 0 Å². The van der Waals surface area contributed by atoms with Gasteiger partial charge >= 0.3 is 17.9 Å². The van der Waals surface area contributed by atoms with Crippen LogP contribution in [0.5, 0.6) is 5.75 Å².